The summed E-state index contributed by atoms with van der Waals surface area (Å²) in [6, 6.07) is 0. The normalized spacial score (nSPS) is 5.00. The van der Waals surface area contributed by atoms with Crippen LogP contribution in [0.25, 0.3) is 0 Å². The van der Waals surface area contributed by atoms with E-state index >= 15 is 0 Å². The fraction of sp³-hybridized carbons (Fsp3) is 0. The Bertz CT molecular complexity index is 35.0. The second-order valence-electron chi connectivity index (χ2n) is 0.495. The van der Waals surface area contributed by atoms with Crippen LogP contribution in [0.1, 0.15) is 0 Å². The van der Waals surface area contributed by atoms with E-state index in [1.165, 1.54) is 0 Å². The van der Waals surface area contributed by atoms with Gasteiger partial charge in [0, 0.05) is 17.1 Å². The minimum absolute atomic E-state index is 0. The van der Waals surface area contributed by atoms with Crippen molar-refractivity contribution >= 4 is 7.25 Å². The van der Waals surface area contributed by atoms with E-state index in [1.54, 1.807) is 0 Å². The summed E-state index contributed by atoms with van der Waals surface area (Å²) in [6.45, 7) is 0. The molecule has 0 aliphatic heterocycles. The van der Waals surface area contributed by atoms with Crippen molar-refractivity contribution in [3.63, 3.8) is 0 Å². The molecule has 12 heteroatoms. The molecule has 0 saturated carbocycles. The van der Waals surface area contributed by atoms with Crippen molar-refractivity contribution in [3.8, 4) is 0 Å². The van der Waals surface area contributed by atoms with Crippen LogP contribution in [0.15, 0.2) is 0 Å². The summed E-state index contributed by atoms with van der Waals surface area (Å²) in [5.41, 5.74) is 0. The number of halogens is 4. The molecule has 0 spiro atoms. The van der Waals surface area contributed by atoms with Gasteiger partial charge in [-0.25, -0.2) is 0 Å². The molecule has 0 atom stereocenters. The van der Waals surface area contributed by atoms with E-state index in [1.807, 2.05) is 0 Å². The third-order valence-corrected chi connectivity index (χ3v) is 0. The Labute approximate surface area is 75.4 Å². The van der Waals surface area contributed by atoms with Crippen LogP contribution in [0.4, 0.5) is 17.3 Å². The Balaban J connectivity index is -0.00000000381. The molecule has 0 heterocycles. The largest absolute Gasteiger partial charge is 0.673 e. The molecule has 0 fully saturated rings. The second-order valence-corrected chi connectivity index (χ2v) is 0.495. The van der Waals surface area contributed by atoms with Crippen molar-refractivity contribution in [2.24, 2.45) is 0 Å². The molecule has 0 aliphatic carbocycles. The minimum Gasteiger partial charge on any atom is -0.418 e. The maximum Gasteiger partial charge on any atom is 0.673 e. The SMILES string of the molecule is F[B-](F)(F)F.O.O.O.O.O.O.[Cu]. The predicted octanol–water partition coefficient (Wildman–Crippen LogP) is -3.65. The van der Waals surface area contributed by atoms with Gasteiger partial charge in [0.1, 0.15) is 0 Å². The van der Waals surface area contributed by atoms with E-state index in [4.69, 9.17) is 0 Å². The van der Waals surface area contributed by atoms with Crippen molar-refractivity contribution in [1.29, 1.82) is 0 Å². The molecule has 1 radical (unpaired) electrons. The van der Waals surface area contributed by atoms with Crippen LogP contribution in [0.3, 0.4) is 0 Å². The van der Waals surface area contributed by atoms with Crippen LogP contribution in [-0.4, -0.2) is 40.1 Å². The van der Waals surface area contributed by atoms with Crippen molar-refractivity contribution < 1.29 is 67.2 Å². The molecule has 0 aliphatic rings. The van der Waals surface area contributed by atoms with Crippen LogP contribution in [-0.2, 0) is 17.1 Å². The molecular formula is H12BCuF4O6-. The molecular weight excluding hydrogens is 246 g/mol. The summed E-state index contributed by atoms with van der Waals surface area (Å²) in [5, 5.41) is 0. The van der Waals surface area contributed by atoms with E-state index < -0.39 is 7.25 Å². The third-order valence-electron chi connectivity index (χ3n) is 0. The molecule has 0 bridgehead atoms. The Hall–Kier alpha value is 0.0644. The molecule has 0 aromatic carbocycles. The number of hydrogen-bond donors (Lipinski definition) is 0. The van der Waals surface area contributed by atoms with Gasteiger partial charge >= 0.3 is 7.25 Å². The van der Waals surface area contributed by atoms with E-state index in [-0.39, 0.29) is 49.9 Å². The Morgan fingerprint density at radius 1 is 0.500 bits per heavy atom. The first kappa shape index (κ1) is 89.4. The smallest absolute Gasteiger partial charge is 0.418 e. The zero-order valence-corrected chi connectivity index (χ0v) is 6.33. The maximum atomic E-state index is 9.75. The molecule has 0 saturated heterocycles. The molecule has 0 unspecified atom stereocenters. The van der Waals surface area contributed by atoms with Gasteiger partial charge in [0.15, 0.2) is 0 Å². The van der Waals surface area contributed by atoms with Crippen molar-refractivity contribution in [3.05, 3.63) is 0 Å². The fourth-order valence-electron chi connectivity index (χ4n) is 0. The van der Waals surface area contributed by atoms with Gasteiger partial charge in [-0.3, -0.25) is 0 Å². The zero-order chi connectivity index (χ0) is 4.50. The molecule has 6 nitrogen and oxygen atoms in total. The second kappa shape index (κ2) is 30.5. The quantitative estimate of drug-likeness (QED) is 0.306. The Morgan fingerprint density at radius 2 is 0.500 bits per heavy atom. The van der Waals surface area contributed by atoms with Gasteiger partial charge in [0.05, 0.1) is 0 Å². The zero-order valence-electron chi connectivity index (χ0n) is 5.39. The van der Waals surface area contributed by atoms with Crippen LogP contribution >= 0.6 is 0 Å². The standard InChI is InChI=1S/BF4.Cu.6H2O/c2-1(3,4)5;;;;;;;/h;;6*1H2/q-1;;;;;;;. The van der Waals surface area contributed by atoms with Gasteiger partial charge in [-0.05, 0) is 0 Å². The maximum absolute atomic E-state index is 9.75. The fourth-order valence-corrected chi connectivity index (χ4v) is 0. The van der Waals surface area contributed by atoms with Gasteiger partial charge in [0.25, 0.3) is 0 Å². The van der Waals surface area contributed by atoms with Gasteiger partial charge in [-0.1, -0.05) is 0 Å². The average molecular weight is 258 g/mol. The van der Waals surface area contributed by atoms with Crippen LogP contribution in [0.2, 0.25) is 0 Å². The molecule has 12 N–H and O–H groups in total. The van der Waals surface area contributed by atoms with Gasteiger partial charge in [0.2, 0.25) is 0 Å². The average Bonchev–Trinajstić information content (AvgIpc) is 0.722. The van der Waals surface area contributed by atoms with Crippen LogP contribution in [0, 0.1) is 0 Å². The predicted molar refractivity (Wildman–Crippen MR) is 31.9 cm³/mol. The van der Waals surface area contributed by atoms with Gasteiger partial charge in [-0.15, -0.1) is 0 Å². The Kier molecular flexibility index (Phi) is 227. The van der Waals surface area contributed by atoms with Crippen molar-refractivity contribution in [2.45, 2.75) is 0 Å². The van der Waals surface area contributed by atoms with Crippen LogP contribution < -0.4 is 0 Å². The molecule has 0 aromatic rings. The summed E-state index contributed by atoms with van der Waals surface area (Å²) in [6.07, 6.45) is 0. The molecule has 91 valence electrons. The molecule has 12 heavy (non-hydrogen) atoms. The van der Waals surface area contributed by atoms with E-state index in [0.717, 1.165) is 0 Å². The molecule has 0 aromatic heterocycles. The number of rotatable bonds is 0. The number of hydrogen-bond acceptors (Lipinski definition) is 0. The topological polar surface area (TPSA) is 189 Å². The first-order valence-corrected chi connectivity index (χ1v) is 0.873. The van der Waals surface area contributed by atoms with E-state index in [0.29, 0.717) is 0 Å². The van der Waals surface area contributed by atoms with E-state index in [9.17, 15) is 17.3 Å². The van der Waals surface area contributed by atoms with Gasteiger partial charge in [-0.2, -0.15) is 0 Å². The first-order chi connectivity index (χ1) is 2.00. The monoisotopic (exact) mass is 258 g/mol. The summed E-state index contributed by atoms with van der Waals surface area (Å²) in [5.74, 6) is 0. The molecule has 0 rings (SSSR count). The molecule has 0 amide bonds. The summed E-state index contributed by atoms with van der Waals surface area (Å²) in [7, 11) is -6.00. The Morgan fingerprint density at radius 3 is 0.500 bits per heavy atom. The van der Waals surface area contributed by atoms with Crippen LogP contribution in [0.5, 0.6) is 0 Å². The van der Waals surface area contributed by atoms with Crippen molar-refractivity contribution in [1.82, 2.24) is 0 Å². The van der Waals surface area contributed by atoms with Gasteiger partial charge < -0.3 is 50.1 Å². The summed E-state index contributed by atoms with van der Waals surface area (Å²) >= 11 is 0. The van der Waals surface area contributed by atoms with E-state index in [2.05, 4.69) is 0 Å². The third kappa shape index (κ3) is 199000. The summed E-state index contributed by atoms with van der Waals surface area (Å²) < 4.78 is 39.0. The summed E-state index contributed by atoms with van der Waals surface area (Å²) in [4.78, 5) is 0. The van der Waals surface area contributed by atoms with Crippen molar-refractivity contribution in [2.75, 3.05) is 0 Å². The minimum atomic E-state index is -6.00. The first-order valence-electron chi connectivity index (χ1n) is 0.873.